The number of carboxylic acids is 1. The van der Waals surface area contributed by atoms with Crippen molar-refractivity contribution in [3.63, 3.8) is 0 Å². The number of carboxylic acid groups (broad SMARTS) is 1. The summed E-state index contributed by atoms with van der Waals surface area (Å²) in [6.45, 7) is 3.22. The standard InChI is InChI=1S/C23H23FN6O.C2HF3O2/c1-14-21(16-6-3-4-7-18(16)28(14)2)22-26-27-23(31)30(22)20-13-29(11-5-10-25)19-9-8-15(24)12-17(19)20;3-2(4,5)1(6)7/h3-4,6-9,12-13H,5,10-11,25H2,1-2H3,(H,27,31);(H,6,7). The SMILES string of the molecule is Cc1c(-c2n[nH]c(=O)n2-c2cn(CCCN)c3ccc(F)cc23)c2ccccc2n1C.O=C(O)C(F)(F)F. The third-order valence-electron chi connectivity index (χ3n) is 6.20. The van der Waals surface area contributed by atoms with Crippen LogP contribution < -0.4 is 11.4 Å². The monoisotopic (exact) mass is 532 g/mol. The Balaban J connectivity index is 0.000000426. The summed E-state index contributed by atoms with van der Waals surface area (Å²) in [5, 5.41) is 15.7. The minimum Gasteiger partial charge on any atom is -0.475 e. The van der Waals surface area contributed by atoms with Crippen LogP contribution in [0, 0.1) is 12.7 Å². The number of hydrogen-bond acceptors (Lipinski definition) is 4. The van der Waals surface area contributed by atoms with Crippen LogP contribution >= 0.6 is 0 Å². The molecule has 200 valence electrons. The van der Waals surface area contributed by atoms with Crippen LogP contribution in [0.2, 0.25) is 0 Å². The molecule has 3 heterocycles. The highest BCUT2D eigenvalue weighted by Crippen LogP contribution is 2.35. The molecule has 0 atom stereocenters. The number of carbonyl (C=O) groups is 1. The lowest BCUT2D eigenvalue weighted by atomic mass is 10.1. The molecule has 0 saturated carbocycles. The zero-order chi connectivity index (χ0) is 27.8. The number of rotatable bonds is 5. The summed E-state index contributed by atoms with van der Waals surface area (Å²) in [4.78, 5) is 21.8. The lowest BCUT2D eigenvalue weighted by molar-refractivity contribution is -0.192. The van der Waals surface area contributed by atoms with E-state index in [1.165, 1.54) is 16.7 Å². The summed E-state index contributed by atoms with van der Waals surface area (Å²) in [6, 6.07) is 12.6. The van der Waals surface area contributed by atoms with Crippen molar-refractivity contribution in [1.29, 1.82) is 0 Å². The zero-order valence-electron chi connectivity index (χ0n) is 20.4. The fourth-order valence-electron chi connectivity index (χ4n) is 4.37. The predicted octanol–water partition coefficient (Wildman–Crippen LogP) is 4.10. The van der Waals surface area contributed by atoms with E-state index in [1.54, 1.807) is 6.07 Å². The first kappa shape index (κ1) is 26.7. The first-order valence-corrected chi connectivity index (χ1v) is 11.5. The van der Waals surface area contributed by atoms with E-state index in [9.17, 15) is 22.4 Å². The molecule has 0 aliphatic heterocycles. The lowest BCUT2D eigenvalue weighted by Crippen LogP contribution is -2.21. The molecule has 0 bridgehead atoms. The van der Waals surface area contributed by atoms with Gasteiger partial charge in [0.2, 0.25) is 0 Å². The first-order valence-electron chi connectivity index (χ1n) is 11.5. The maximum atomic E-state index is 14.2. The third-order valence-corrected chi connectivity index (χ3v) is 6.20. The van der Waals surface area contributed by atoms with Crippen LogP contribution in [0.5, 0.6) is 0 Å². The number of aryl methyl sites for hydroxylation is 2. The van der Waals surface area contributed by atoms with Crippen LogP contribution in [0.3, 0.4) is 0 Å². The van der Waals surface area contributed by atoms with E-state index in [4.69, 9.17) is 15.6 Å². The van der Waals surface area contributed by atoms with Crippen LogP contribution in [0.4, 0.5) is 17.6 Å². The fraction of sp³-hybridized carbons (Fsp3) is 0.240. The Morgan fingerprint density at radius 1 is 1.13 bits per heavy atom. The summed E-state index contributed by atoms with van der Waals surface area (Å²) in [7, 11) is 1.99. The highest BCUT2D eigenvalue weighted by atomic mass is 19.4. The Labute approximate surface area is 212 Å². The number of benzene rings is 2. The third kappa shape index (κ3) is 4.79. The Bertz CT molecular complexity index is 1690. The van der Waals surface area contributed by atoms with Crippen molar-refractivity contribution >= 4 is 27.8 Å². The van der Waals surface area contributed by atoms with Gasteiger partial charge < -0.3 is 20.0 Å². The van der Waals surface area contributed by atoms with Gasteiger partial charge in [0.25, 0.3) is 0 Å². The molecule has 0 unspecified atom stereocenters. The average molecular weight is 532 g/mol. The van der Waals surface area contributed by atoms with Gasteiger partial charge in [-0.25, -0.2) is 23.6 Å². The zero-order valence-corrected chi connectivity index (χ0v) is 20.4. The maximum Gasteiger partial charge on any atom is 0.490 e. The molecule has 0 radical (unpaired) electrons. The van der Waals surface area contributed by atoms with Crippen LogP contribution in [0.1, 0.15) is 12.1 Å². The van der Waals surface area contributed by atoms with Gasteiger partial charge in [-0.2, -0.15) is 18.3 Å². The summed E-state index contributed by atoms with van der Waals surface area (Å²) in [5.41, 5.74) is 9.67. The highest BCUT2D eigenvalue weighted by molar-refractivity contribution is 5.97. The number of H-pyrrole nitrogens is 1. The number of hydrogen-bond donors (Lipinski definition) is 3. The molecule has 0 fully saturated rings. The number of aromatic nitrogens is 5. The van der Waals surface area contributed by atoms with Crippen molar-refractivity contribution in [3.05, 3.63) is 70.7 Å². The molecule has 9 nitrogen and oxygen atoms in total. The van der Waals surface area contributed by atoms with Gasteiger partial charge in [0.1, 0.15) is 5.82 Å². The average Bonchev–Trinajstić information content (AvgIpc) is 3.49. The molecule has 0 amide bonds. The van der Waals surface area contributed by atoms with Gasteiger partial charge in [0, 0.05) is 47.3 Å². The number of nitrogens with one attached hydrogen (secondary N) is 1. The van der Waals surface area contributed by atoms with Gasteiger partial charge >= 0.3 is 17.8 Å². The van der Waals surface area contributed by atoms with E-state index in [1.807, 2.05) is 49.0 Å². The Kier molecular flexibility index (Phi) is 7.14. The number of aliphatic carboxylic acids is 1. The number of nitrogens with zero attached hydrogens (tertiary/aromatic N) is 4. The Hall–Kier alpha value is -4.39. The molecule has 5 aromatic rings. The topological polar surface area (TPSA) is 124 Å². The predicted molar refractivity (Wildman–Crippen MR) is 134 cm³/mol. The molecule has 2 aromatic carbocycles. The van der Waals surface area contributed by atoms with Crippen molar-refractivity contribution in [2.24, 2.45) is 12.8 Å². The number of halogens is 4. The van der Waals surface area contributed by atoms with Gasteiger partial charge in [-0.15, -0.1) is 0 Å². The second-order valence-corrected chi connectivity index (χ2v) is 8.54. The summed E-state index contributed by atoms with van der Waals surface area (Å²) in [5.74, 6) is -2.61. The number of aromatic amines is 1. The number of alkyl halides is 3. The van der Waals surface area contributed by atoms with Crippen molar-refractivity contribution in [1.82, 2.24) is 23.9 Å². The van der Waals surface area contributed by atoms with Crippen LogP contribution in [-0.2, 0) is 18.4 Å². The van der Waals surface area contributed by atoms with Crippen LogP contribution in [-0.4, -0.2) is 47.7 Å². The van der Waals surface area contributed by atoms with Gasteiger partial charge in [-0.3, -0.25) is 0 Å². The molecule has 13 heteroatoms. The molecular weight excluding hydrogens is 508 g/mol. The molecule has 0 aliphatic carbocycles. The number of fused-ring (bicyclic) bond motifs is 2. The van der Waals surface area contributed by atoms with Crippen LogP contribution in [0.25, 0.3) is 38.9 Å². The molecule has 3 aromatic heterocycles. The van der Waals surface area contributed by atoms with Gasteiger partial charge in [0.15, 0.2) is 5.82 Å². The van der Waals surface area contributed by atoms with Gasteiger partial charge in [0.05, 0.1) is 11.2 Å². The molecule has 0 spiro atoms. The van der Waals surface area contributed by atoms with E-state index in [2.05, 4.69) is 14.8 Å². The second-order valence-electron chi connectivity index (χ2n) is 8.54. The first-order chi connectivity index (χ1) is 18.0. The van der Waals surface area contributed by atoms with E-state index >= 15 is 0 Å². The molecule has 0 saturated heterocycles. The summed E-state index contributed by atoms with van der Waals surface area (Å²) in [6.07, 6.45) is -2.43. The number of nitrogens with two attached hydrogens (primary N) is 1. The van der Waals surface area contributed by atoms with Crippen molar-refractivity contribution in [2.75, 3.05) is 6.54 Å². The second kappa shape index (κ2) is 10.2. The molecular formula is C25H24F4N6O3. The molecule has 5 rings (SSSR count). The lowest BCUT2D eigenvalue weighted by Gasteiger charge is -2.06. The smallest absolute Gasteiger partial charge is 0.475 e. The van der Waals surface area contributed by atoms with Crippen molar-refractivity contribution in [2.45, 2.75) is 26.1 Å². The highest BCUT2D eigenvalue weighted by Gasteiger charge is 2.38. The Morgan fingerprint density at radius 2 is 1.82 bits per heavy atom. The van der Waals surface area contributed by atoms with Crippen molar-refractivity contribution < 1.29 is 27.5 Å². The van der Waals surface area contributed by atoms with Gasteiger partial charge in [-0.05, 0) is 44.2 Å². The maximum absolute atomic E-state index is 14.2. The summed E-state index contributed by atoms with van der Waals surface area (Å²) < 4.78 is 51.5. The number of para-hydroxylation sites is 1. The van der Waals surface area contributed by atoms with Crippen molar-refractivity contribution in [3.8, 4) is 17.1 Å². The molecule has 0 aliphatic rings. The van der Waals surface area contributed by atoms with Gasteiger partial charge in [-0.1, -0.05) is 18.2 Å². The minimum absolute atomic E-state index is 0.357. The Morgan fingerprint density at radius 3 is 2.47 bits per heavy atom. The normalized spacial score (nSPS) is 11.7. The van der Waals surface area contributed by atoms with E-state index < -0.39 is 12.1 Å². The summed E-state index contributed by atoms with van der Waals surface area (Å²) >= 11 is 0. The van der Waals surface area contributed by atoms with E-state index in [0.717, 1.165) is 34.1 Å². The van der Waals surface area contributed by atoms with E-state index in [0.29, 0.717) is 30.0 Å². The van der Waals surface area contributed by atoms with Crippen LogP contribution in [0.15, 0.2) is 53.5 Å². The minimum atomic E-state index is -5.08. The molecule has 4 N–H and O–H groups in total. The largest absolute Gasteiger partial charge is 0.490 e. The molecule has 38 heavy (non-hydrogen) atoms. The fourth-order valence-corrected chi connectivity index (χ4v) is 4.37. The quantitative estimate of drug-likeness (QED) is 0.294. The van der Waals surface area contributed by atoms with E-state index in [-0.39, 0.29) is 11.5 Å².